The molecule has 0 radical (unpaired) electrons. The third-order valence-corrected chi connectivity index (χ3v) is 3.59. The minimum Gasteiger partial charge on any atom is -0.395 e. The Morgan fingerprint density at radius 3 is 2.74 bits per heavy atom. The van der Waals surface area contributed by atoms with Crippen LogP contribution in [0.2, 0.25) is 5.02 Å². The fourth-order valence-corrected chi connectivity index (χ4v) is 1.87. The fourth-order valence-electron chi connectivity index (χ4n) is 1.33. The first-order valence-corrected chi connectivity index (χ1v) is 6.15. The first-order chi connectivity index (χ1) is 8.99. The molecule has 1 amide bonds. The predicted octanol–water partition coefficient (Wildman–Crippen LogP) is 3.86. The number of rotatable bonds is 3. The van der Waals surface area contributed by atoms with Gasteiger partial charge in [0.25, 0.3) is 5.91 Å². The molecule has 19 heavy (non-hydrogen) atoms. The smallest absolute Gasteiger partial charge is 0.395 e. The summed E-state index contributed by atoms with van der Waals surface area (Å²) < 4.78 is 5.31. The van der Waals surface area contributed by atoms with E-state index < -0.39 is 16.7 Å². The van der Waals surface area contributed by atoms with E-state index in [9.17, 15) is 14.9 Å². The van der Waals surface area contributed by atoms with Crippen LogP contribution in [-0.2, 0) is 0 Å². The quantitative estimate of drug-likeness (QED) is 0.676. The van der Waals surface area contributed by atoms with Crippen LogP contribution in [0.1, 0.15) is 10.6 Å². The normalized spacial score (nSPS) is 10.2. The van der Waals surface area contributed by atoms with Crippen molar-refractivity contribution >= 4 is 45.0 Å². The van der Waals surface area contributed by atoms with Gasteiger partial charge in [-0.15, -0.1) is 0 Å². The maximum Gasteiger partial charge on any atom is 0.433 e. The van der Waals surface area contributed by atoms with E-state index in [4.69, 9.17) is 16.0 Å². The molecule has 2 aromatic rings. The summed E-state index contributed by atoms with van der Waals surface area (Å²) >= 11 is 9.10. The first-order valence-electron chi connectivity index (χ1n) is 4.98. The number of hydrogen-bond acceptors (Lipinski definition) is 4. The number of halogens is 2. The molecule has 0 bridgehead atoms. The summed E-state index contributed by atoms with van der Waals surface area (Å²) in [6.07, 6.45) is 0. The van der Waals surface area contributed by atoms with Gasteiger partial charge in [-0.25, -0.2) is 0 Å². The summed E-state index contributed by atoms with van der Waals surface area (Å²) in [7, 11) is 0. The van der Waals surface area contributed by atoms with Crippen molar-refractivity contribution in [3.8, 4) is 0 Å². The Bertz CT molecular complexity index is 656. The van der Waals surface area contributed by atoms with Crippen molar-refractivity contribution in [1.29, 1.82) is 0 Å². The molecule has 1 aromatic carbocycles. The topological polar surface area (TPSA) is 85.4 Å². The van der Waals surface area contributed by atoms with Gasteiger partial charge >= 0.3 is 5.88 Å². The number of nitro groups is 1. The van der Waals surface area contributed by atoms with E-state index in [1.165, 1.54) is 6.07 Å². The van der Waals surface area contributed by atoms with Crippen LogP contribution in [-0.4, -0.2) is 10.8 Å². The van der Waals surface area contributed by atoms with Gasteiger partial charge in [-0.2, -0.15) is 0 Å². The van der Waals surface area contributed by atoms with E-state index in [0.717, 1.165) is 6.07 Å². The van der Waals surface area contributed by atoms with Crippen molar-refractivity contribution in [3.05, 3.63) is 55.7 Å². The molecule has 1 heterocycles. The number of anilines is 1. The van der Waals surface area contributed by atoms with Crippen LogP contribution in [0.4, 0.5) is 11.6 Å². The van der Waals surface area contributed by atoms with E-state index >= 15 is 0 Å². The van der Waals surface area contributed by atoms with Crippen LogP contribution in [0, 0.1) is 10.1 Å². The van der Waals surface area contributed by atoms with Crippen LogP contribution in [0.5, 0.6) is 0 Å². The number of carbonyl (C=O) groups excluding carboxylic acids is 1. The average Bonchev–Trinajstić information content (AvgIpc) is 2.84. The Balaban J connectivity index is 2.21. The standard InChI is InChI=1S/C11H6BrClN2O4/c12-10-6(13)2-1-3-7(10)14-11(16)8-4-5-9(19-8)15(17)18/h1-5H,(H,14,16). The van der Waals surface area contributed by atoms with Crippen LogP contribution < -0.4 is 5.32 Å². The van der Waals surface area contributed by atoms with Crippen LogP contribution in [0.15, 0.2) is 39.2 Å². The molecule has 0 unspecified atom stereocenters. The zero-order chi connectivity index (χ0) is 14.0. The third kappa shape index (κ3) is 2.94. The SMILES string of the molecule is O=C(Nc1cccc(Cl)c1Br)c1ccc([N+](=O)[O-])o1. The Morgan fingerprint density at radius 1 is 1.37 bits per heavy atom. The lowest BCUT2D eigenvalue weighted by atomic mass is 10.3. The lowest BCUT2D eigenvalue weighted by Crippen LogP contribution is -2.11. The van der Waals surface area contributed by atoms with E-state index in [1.807, 2.05) is 0 Å². The fraction of sp³-hybridized carbons (Fsp3) is 0. The highest BCUT2D eigenvalue weighted by Crippen LogP contribution is 2.30. The molecule has 0 aliphatic rings. The number of benzene rings is 1. The molecular formula is C11H6BrClN2O4. The lowest BCUT2D eigenvalue weighted by molar-refractivity contribution is -0.402. The summed E-state index contributed by atoms with van der Waals surface area (Å²) in [4.78, 5) is 21.6. The molecular weight excluding hydrogens is 339 g/mol. The number of carbonyl (C=O) groups is 1. The molecule has 8 heteroatoms. The minimum absolute atomic E-state index is 0.154. The maximum atomic E-state index is 11.8. The number of amides is 1. The number of furan rings is 1. The molecule has 0 saturated carbocycles. The van der Waals surface area contributed by atoms with Gasteiger partial charge in [0.15, 0.2) is 5.76 Å². The first kappa shape index (κ1) is 13.6. The van der Waals surface area contributed by atoms with Gasteiger partial charge in [0, 0.05) is 0 Å². The second kappa shape index (κ2) is 5.41. The van der Waals surface area contributed by atoms with Crippen molar-refractivity contribution in [3.63, 3.8) is 0 Å². The molecule has 0 atom stereocenters. The minimum atomic E-state index is -0.716. The highest BCUT2D eigenvalue weighted by molar-refractivity contribution is 9.10. The number of hydrogen-bond donors (Lipinski definition) is 1. The van der Waals surface area contributed by atoms with Gasteiger partial charge in [0.2, 0.25) is 0 Å². The third-order valence-electron chi connectivity index (χ3n) is 2.20. The van der Waals surface area contributed by atoms with E-state index in [0.29, 0.717) is 15.2 Å². The molecule has 98 valence electrons. The molecule has 0 saturated heterocycles. The number of nitrogens with one attached hydrogen (secondary N) is 1. The van der Waals surface area contributed by atoms with Crippen LogP contribution in [0.3, 0.4) is 0 Å². The molecule has 0 fully saturated rings. The van der Waals surface area contributed by atoms with Gasteiger partial charge in [0.05, 0.1) is 21.2 Å². The summed E-state index contributed by atoms with van der Waals surface area (Å²) in [6, 6.07) is 7.28. The summed E-state index contributed by atoms with van der Waals surface area (Å²) in [5, 5.41) is 13.4. The second-order valence-corrected chi connectivity index (χ2v) is 4.65. The van der Waals surface area contributed by atoms with E-state index in [-0.39, 0.29) is 5.76 Å². The maximum absolute atomic E-state index is 11.8. The van der Waals surface area contributed by atoms with Crippen LogP contribution in [0.25, 0.3) is 0 Å². The zero-order valence-electron chi connectivity index (χ0n) is 9.22. The molecule has 2 rings (SSSR count). The number of nitrogens with zero attached hydrogens (tertiary/aromatic N) is 1. The predicted molar refractivity (Wildman–Crippen MR) is 72.5 cm³/mol. The van der Waals surface area contributed by atoms with Crippen molar-refractivity contribution in [1.82, 2.24) is 0 Å². The Kier molecular flexibility index (Phi) is 3.87. The van der Waals surface area contributed by atoms with Crippen molar-refractivity contribution in [2.45, 2.75) is 0 Å². The highest BCUT2D eigenvalue weighted by atomic mass is 79.9. The Hall–Kier alpha value is -1.86. The summed E-state index contributed by atoms with van der Waals surface area (Å²) in [5.74, 6) is -1.25. The summed E-state index contributed by atoms with van der Waals surface area (Å²) in [6.45, 7) is 0. The second-order valence-electron chi connectivity index (χ2n) is 3.45. The highest BCUT2D eigenvalue weighted by Gasteiger charge is 2.18. The largest absolute Gasteiger partial charge is 0.433 e. The van der Waals surface area contributed by atoms with Crippen molar-refractivity contribution < 1.29 is 14.1 Å². The molecule has 0 spiro atoms. The molecule has 0 aliphatic carbocycles. The molecule has 1 aromatic heterocycles. The van der Waals surface area contributed by atoms with Crippen molar-refractivity contribution in [2.24, 2.45) is 0 Å². The van der Waals surface area contributed by atoms with E-state index in [2.05, 4.69) is 21.2 Å². The molecule has 1 N–H and O–H groups in total. The van der Waals surface area contributed by atoms with E-state index in [1.54, 1.807) is 18.2 Å². The lowest BCUT2D eigenvalue weighted by Gasteiger charge is -2.06. The van der Waals surface area contributed by atoms with Crippen molar-refractivity contribution in [2.75, 3.05) is 5.32 Å². The van der Waals surface area contributed by atoms with Crippen LogP contribution >= 0.6 is 27.5 Å². The van der Waals surface area contributed by atoms with Gasteiger partial charge in [0.1, 0.15) is 4.92 Å². The van der Waals surface area contributed by atoms with Gasteiger partial charge in [-0.05, 0) is 34.1 Å². The molecule has 0 aliphatic heterocycles. The van der Waals surface area contributed by atoms with Gasteiger partial charge in [-0.3, -0.25) is 14.9 Å². The monoisotopic (exact) mass is 344 g/mol. The van der Waals surface area contributed by atoms with Gasteiger partial charge in [-0.1, -0.05) is 17.7 Å². The Labute approximate surface area is 120 Å². The Morgan fingerprint density at radius 2 is 2.11 bits per heavy atom. The zero-order valence-corrected chi connectivity index (χ0v) is 11.6. The molecule has 6 nitrogen and oxygen atoms in total. The summed E-state index contributed by atoms with van der Waals surface area (Å²) in [5.41, 5.74) is 0.441. The average molecular weight is 346 g/mol. The van der Waals surface area contributed by atoms with Gasteiger partial charge < -0.3 is 9.73 Å².